The zero-order valence-electron chi connectivity index (χ0n) is 10.00. The van der Waals surface area contributed by atoms with Crippen molar-refractivity contribution in [1.82, 2.24) is 0 Å². The molecule has 0 saturated heterocycles. The summed E-state index contributed by atoms with van der Waals surface area (Å²) in [5.74, 6) is 0. The lowest BCUT2D eigenvalue weighted by molar-refractivity contribution is -0.384. The smallest absolute Gasteiger partial charge is 0.258 e. The normalized spacial score (nSPS) is 10.3. The molecule has 2 aromatic carbocycles. The van der Waals surface area contributed by atoms with Crippen LogP contribution in [-0.2, 0) is 6.42 Å². The van der Waals surface area contributed by atoms with E-state index in [1.54, 1.807) is 36.0 Å². The Morgan fingerprint density at radius 1 is 1.00 bits per heavy atom. The van der Waals surface area contributed by atoms with Gasteiger partial charge in [0.15, 0.2) is 0 Å². The van der Waals surface area contributed by atoms with Crippen molar-refractivity contribution in [3.63, 3.8) is 0 Å². The maximum atomic E-state index is 10.5. The molecule has 0 aliphatic rings. The predicted molar refractivity (Wildman–Crippen MR) is 74.1 cm³/mol. The Morgan fingerprint density at radius 3 is 1.94 bits per heavy atom. The fraction of sp³-hybridized carbons (Fsp3) is 0.143. The first kappa shape index (κ1) is 12.6. The minimum absolute atomic E-state index is 0.136. The van der Waals surface area contributed by atoms with Gasteiger partial charge in [-0.25, -0.2) is 0 Å². The molecule has 18 heavy (non-hydrogen) atoms. The highest BCUT2D eigenvalue weighted by Crippen LogP contribution is 2.18. The molecule has 92 valence electrons. The molecule has 0 amide bonds. The van der Waals surface area contributed by atoms with Gasteiger partial charge in [-0.05, 0) is 35.9 Å². The van der Waals surface area contributed by atoms with Gasteiger partial charge in [-0.1, -0.05) is 24.3 Å². The molecule has 0 aromatic heterocycles. The monoisotopic (exact) mass is 259 g/mol. The minimum Gasteiger partial charge on any atom is -0.258 e. The van der Waals surface area contributed by atoms with Crippen molar-refractivity contribution in [3.05, 3.63) is 69.8 Å². The average Bonchev–Trinajstić information content (AvgIpc) is 2.40. The van der Waals surface area contributed by atoms with Gasteiger partial charge in [-0.3, -0.25) is 10.1 Å². The lowest BCUT2D eigenvalue weighted by Gasteiger charge is -2.03. The van der Waals surface area contributed by atoms with Crippen LogP contribution in [0.5, 0.6) is 0 Å². The van der Waals surface area contributed by atoms with Crippen molar-refractivity contribution >= 4 is 17.4 Å². The van der Waals surface area contributed by atoms with E-state index in [0.717, 1.165) is 12.0 Å². The third-order valence-electron chi connectivity index (χ3n) is 2.71. The number of nitro groups is 1. The van der Waals surface area contributed by atoms with Gasteiger partial charge in [-0.15, -0.1) is 11.8 Å². The van der Waals surface area contributed by atoms with Crippen LogP contribution < -0.4 is 0 Å². The summed E-state index contributed by atoms with van der Waals surface area (Å²) in [5, 5.41) is 10.5. The molecule has 0 heterocycles. The average molecular weight is 259 g/mol. The van der Waals surface area contributed by atoms with E-state index < -0.39 is 0 Å². The van der Waals surface area contributed by atoms with E-state index in [1.807, 2.05) is 6.26 Å². The van der Waals surface area contributed by atoms with E-state index in [-0.39, 0.29) is 10.6 Å². The van der Waals surface area contributed by atoms with Crippen LogP contribution in [0.4, 0.5) is 5.69 Å². The third kappa shape index (κ3) is 3.11. The molecule has 0 radical (unpaired) electrons. The molecule has 0 N–H and O–H groups in total. The highest BCUT2D eigenvalue weighted by atomic mass is 32.2. The van der Waals surface area contributed by atoms with E-state index in [1.165, 1.54) is 10.5 Å². The SMILES string of the molecule is CSc1ccc(Cc2ccc([N+](=O)[O-])cc2)cc1. The van der Waals surface area contributed by atoms with Crippen LogP contribution in [0.15, 0.2) is 53.4 Å². The molecule has 0 bridgehead atoms. The summed E-state index contributed by atoms with van der Waals surface area (Å²) in [5.41, 5.74) is 2.43. The second-order valence-corrected chi connectivity index (χ2v) is 4.83. The summed E-state index contributed by atoms with van der Waals surface area (Å²) in [6.45, 7) is 0. The largest absolute Gasteiger partial charge is 0.269 e. The van der Waals surface area contributed by atoms with Gasteiger partial charge in [0.25, 0.3) is 5.69 Å². The van der Waals surface area contributed by atoms with E-state index in [9.17, 15) is 10.1 Å². The zero-order chi connectivity index (χ0) is 13.0. The van der Waals surface area contributed by atoms with Crippen molar-refractivity contribution in [2.24, 2.45) is 0 Å². The van der Waals surface area contributed by atoms with Crippen LogP contribution in [0, 0.1) is 10.1 Å². The molecule has 0 fully saturated rings. The van der Waals surface area contributed by atoms with Gasteiger partial charge >= 0.3 is 0 Å². The molecule has 0 saturated carbocycles. The van der Waals surface area contributed by atoms with Gasteiger partial charge in [-0.2, -0.15) is 0 Å². The molecule has 0 aliphatic heterocycles. The lowest BCUT2D eigenvalue weighted by Crippen LogP contribution is -1.90. The van der Waals surface area contributed by atoms with Crippen LogP contribution in [0.1, 0.15) is 11.1 Å². The Bertz CT molecular complexity index is 535. The molecule has 2 rings (SSSR count). The number of thioether (sulfide) groups is 1. The number of rotatable bonds is 4. The number of hydrogen-bond donors (Lipinski definition) is 0. The molecular weight excluding hydrogens is 246 g/mol. The number of benzene rings is 2. The van der Waals surface area contributed by atoms with Crippen LogP contribution in [-0.4, -0.2) is 11.2 Å². The van der Waals surface area contributed by atoms with Gasteiger partial charge < -0.3 is 0 Å². The van der Waals surface area contributed by atoms with Crippen molar-refractivity contribution in [1.29, 1.82) is 0 Å². The summed E-state index contributed by atoms with van der Waals surface area (Å²) in [7, 11) is 0. The first-order chi connectivity index (χ1) is 8.69. The van der Waals surface area contributed by atoms with Gasteiger partial charge in [0.2, 0.25) is 0 Å². The van der Waals surface area contributed by atoms with E-state index in [4.69, 9.17) is 0 Å². The maximum absolute atomic E-state index is 10.5. The van der Waals surface area contributed by atoms with Crippen LogP contribution >= 0.6 is 11.8 Å². The van der Waals surface area contributed by atoms with E-state index in [0.29, 0.717) is 0 Å². The van der Waals surface area contributed by atoms with Crippen molar-refractivity contribution in [2.75, 3.05) is 6.26 Å². The second kappa shape index (κ2) is 5.69. The Kier molecular flexibility index (Phi) is 3.99. The molecule has 4 heteroatoms. The van der Waals surface area contributed by atoms with Crippen LogP contribution in [0.25, 0.3) is 0 Å². The van der Waals surface area contributed by atoms with E-state index >= 15 is 0 Å². The minimum atomic E-state index is -0.378. The summed E-state index contributed by atoms with van der Waals surface area (Å²) in [4.78, 5) is 11.4. The number of nitro benzene ring substituents is 1. The standard InChI is InChI=1S/C14H13NO2S/c1-18-14-8-4-12(5-9-14)10-11-2-6-13(7-3-11)15(16)17/h2-9H,10H2,1H3. The number of non-ortho nitro benzene ring substituents is 1. The van der Waals surface area contributed by atoms with Crippen LogP contribution in [0.3, 0.4) is 0 Å². The van der Waals surface area contributed by atoms with Crippen molar-refractivity contribution in [3.8, 4) is 0 Å². The quantitative estimate of drug-likeness (QED) is 0.475. The summed E-state index contributed by atoms with van der Waals surface area (Å²) in [6.07, 6.45) is 2.85. The third-order valence-corrected chi connectivity index (χ3v) is 3.46. The first-order valence-electron chi connectivity index (χ1n) is 5.55. The first-order valence-corrected chi connectivity index (χ1v) is 6.78. The second-order valence-electron chi connectivity index (χ2n) is 3.95. The summed E-state index contributed by atoms with van der Waals surface area (Å²) in [6, 6.07) is 15.1. The summed E-state index contributed by atoms with van der Waals surface area (Å²) >= 11 is 1.71. The van der Waals surface area contributed by atoms with Gasteiger partial charge in [0, 0.05) is 17.0 Å². The Hall–Kier alpha value is -1.81. The molecule has 2 aromatic rings. The van der Waals surface area contributed by atoms with Crippen molar-refractivity contribution in [2.45, 2.75) is 11.3 Å². The number of hydrogen-bond acceptors (Lipinski definition) is 3. The molecule has 0 unspecified atom stereocenters. The Balaban J connectivity index is 2.10. The topological polar surface area (TPSA) is 43.1 Å². The van der Waals surface area contributed by atoms with Gasteiger partial charge in [0.05, 0.1) is 4.92 Å². The Labute approximate surface area is 110 Å². The molecule has 0 aliphatic carbocycles. The molecule has 0 atom stereocenters. The molecule has 0 spiro atoms. The van der Waals surface area contributed by atoms with Crippen molar-refractivity contribution < 1.29 is 4.92 Å². The van der Waals surface area contributed by atoms with Crippen LogP contribution in [0.2, 0.25) is 0 Å². The highest BCUT2D eigenvalue weighted by Gasteiger charge is 2.04. The fourth-order valence-electron chi connectivity index (χ4n) is 1.71. The fourth-order valence-corrected chi connectivity index (χ4v) is 2.12. The van der Waals surface area contributed by atoms with Gasteiger partial charge in [0.1, 0.15) is 0 Å². The maximum Gasteiger partial charge on any atom is 0.269 e. The predicted octanol–water partition coefficient (Wildman–Crippen LogP) is 3.91. The Morgan fingerprint density at radius 2 is 1.50 bits per heavy atom. The summed E-state index contributed by atoms with van der Waals surface area (Å²) < 4.78 is 0. The number of nitrogens with zero attached hydrogens (tertiary/aromatic N) is 1. The molecule has 3 nitrogen and oxygen atoms in total. The van der Waals surface area contributed by atoms with E-state index in [2.05, 4.69) is 24.3 Å². The molecular formula is C14H13NO2S. The zero-order valence-corrected chi connectivity index (χ0v) is 10.8. The lowest BCUT2D eigenvalue weighted by atomic mass is 10.1. The highest BCUT2D eigenvalue weighted by molar-refractivity contribution is 7.98.